The number of carbonyl (C=O) groups is 2. The maximum atomic E-state index is 12.2. The van der Waals surface area contributed by atoms with Crippen molar-refractivity contribution in [1.82, 2.24) is 9.78 Å². The Kier molecular flexibility index (Phi) is 5.00. The Hall–Kier alpha value is -2.58. The van der Waals surface area contributed by atoms with Crippen molar-refractivity contribution in [2.45, 2.75) is 11.8 Å². The molecule has 0 spiro atoms. The van der Waals surface area contributed by atoms with Gasteiger partial charge in [-0.2, -0.15) is 5.10 Å². The number of esters is 1. The second kappa shape index (κ2) is 7.58. The number of thiophene rings is 1. The molecule has 2 aromatic heterocycles. The second-order valence-electron chi connectivity index (χ2n) is 6.04. The number of anilines is 1. The molecule has 8 heteroatoms. The summed E-state index contributed by atoms with van der Waals surface area (Å²) in [6, 6.07) is 11.4. The molecule has 1 aromatic carbocycles. The Morgan fingerprint density at radius 3 is 2.85 bits per heavy atom. The Balaban J connectivity index is 1.68. The number of amides is 1. The smallest absolute Gasteiger partial charge is 0.337 e. The van der Waals surface area contributed by atoms with Gasteiger partial charge >= 0.3 is 5.97 Å². The molecule has 1 N–H and O–H groups in total. The molecular formula is C19H17N3O3S2. The Bertz CT molecular complexity index is 965. The molecule has 0 bridgehead atoms. The fraction of sp³-hybridized carbons (Fsp3) is 0.211. The van der Waals surface area contributed by atoms with Gasteiger partial charge in [0.05, 0.1) is 36.4 Å². The van der Waals surface area contributed by atoms with Gasteiger partial charge in [0, 0.05) is 10.4 Å². The Morgan fingerprint density at radius 2 is 2.15 bits per heavy atom. The van der Waals surface area contributed by atoms with Crippen LogP contribution in [-0.4, -0.2) is 34.5 Å². The van der Waals surface area contributed by atoms with E-state index >= 15 is 0 Å². The highest BCUT2D eigenvalue weighted by atomic mass is 32.2. The number of methoxy groups -OCH3 is 1. The molecule has 0 fully saturated rings. The van der Waals surface area contributed by atoms with E-state index in [1.807, 2.05) is 34.5 Å². The lowest BCUT2D eigenvalue weighted by Gasteiger charge is -2.14. The number of thioether (sulfide) groups is 1. The van der Waals surface area contributed by atoms with Gasteiger partial charge in [-0.3, -0.25) is 4.79 Å². The number of nitrogens with one attached hydrogen (secondary N) is 1. The molecule has 1 aliphatic heterocycles. The number of nitrogens with zero attached hydrogens (tertiary/aromatic N) is 2. The minimum Gasteiger partial charge on any atom is -0.465 e. The number of aromatic nitrogens is 2. The van der Waals surface area contributed by atoms with Crippen molar-refractivity contribution in [2.75, 3.05) is 18.2 Å². The van der Waals surface area contributed by atoms with Gasteiger partial charge in [0.25, 0.3) is 0 Å². The lowest BCUT2D eigenvalue weighted by molar-refractivity contribution is -0.113. The molecule has 0 saturated carbocycles. The van der Waals surface area contributed by atoms with Gasteiger partial charge in [0.15, 0.2) is 0 Å². The minimum absolute atomic E-state index is 0.0390. The van der Waals surface area contributed by atoms with E-state index in [1.165, 1.54) is 12.0 Å². The summed E-state index contributed by atoms with van der Waals surface area (Å²) in [5.41, 5.74) is 2.48. The van der Waals surface area contributed by atoms with Crippen molar-refractivity contribution in [3.63, 3.8) is 0 Å². The quantitative estimate of drug-likeness (QED) is 0.679. The van der Waals surface area contributed by atoms with Crippen molar-refractivity contribution in [3.05, 3.63) is 69.5 Å². The highest BCUT2D eigenvalue weighted by Gasteiger charge is 2.28. The number of hydrogen-bond acceptors (Lipinski definition) is 6. The van der Waals surface area contributed by atoms with E-state index in [-0.39, 0.29) is 17.1 Å². The molecular weight excluding hydrogens is 382 g/mol. The monoisotopic (exact) mass is 399 g/mol. The summed E-state index contributed by atoms with van der Waals surface area (Å²) in [6.45, 7) is 0.617. The van der Waals surface area contributed by atoms with Gasteiger partial charge in [0.1, 0.15) is 5.82 Å². The predicted octanol–water partition coefficient (Wildman–Crippen LogP) is 3.55. The molecule has 6 nitrogen and oxygen atoms in total. The summed E-state index contributed by atoms with van der Waals surface area (Å²) in [4.78, 5) is 25.1. The maximum Gasteiger partial charge on any atom is 0.337 e. The van der Waals surface area contributed by atoms with Gasteiger partial charge < -0.3 is 10.1 Å². The van der Waals surface area contributed by atoms with E-state index in [1.54, 1.807) is 35.2 Å². The third-order valence-corrected chi connectivity index (χ3v) is 6.46. The fourth-order valence-electron chi connectivity index (χ4n) is 3.00. The average molecular weight is 399 g/mol. The summed E-state index contributed by atoms with van der Waals surface area (Å²) in [5.74, 6) is 0.691. The molecule has 0 unspecified atom stereocenters. The first-order chi connectivity index (χ1) is 13.2. The normalized spacial score (nSPS) is 16.3. The average Bonchev–Trinajstić information content (AvgIpc) is 3.30. The zero-order valence-corrected chi connectivity index (χ0v) is 16.2. The summed E-state index contributed by atoms with van der Waals surface area (Å²) < 4.78 is 6.59. The maximum absolute atomic E-state index is 12.2. The van der Waals surface area contributed by atoms with Crippen molar-refractivity contribution in [3.8, 4) is 0 Å². The molecule has 3 aromatic rings. The number of ether oxygens (including phenoxy) is 1. The number of benzene rings is 1. The van der Waals surface area contributed by atoms with Crippen molar-refractivity contribution in [2.24, 2.45) is 0 Å². The van der Waals surface area contributed by atoms with Gasteiger partial charge in [-0.15, -0.1) is 23.1 Å². The lowest BCUT2D eigenvalue weighted by atomic mass is 10.0. The van der Waals surface area contributed by atoms with E-state index < -0.39 is 0 Å². The first-order valence-corrected chi connectivity index (χ1v) is 10.3. The zero-order valence-electron chi connectivity index (χ0n) is 14.5. The molecule has 3 heterocycles. The summed E-state index contributed by atoms with van der Waals surface area (Å²) >= 11 is 3.21. The molecule has 1 aliphatic rings. The first-order valence-electron chi connectivity index (χ1n) is 8.33. The predicted molar refractivity (Wildman–Crippen MR) is 106 cm³/mol. The van der Waals surface area contributed by atoms with Gasteiger partial charge in [-0.05, 0) is 29.1 Å². The van der Waals surface area contributed by atoms with Crippen LogP contribution in [0.25, 0.3) is 0 Å². The van der Waals surface area contributed by atoms with Gasteiger partial charge in [-0.25, -0.2) is 9.48 Å². The number of carbonyl (C=O) groups excluding carboxylic acids is 2. The van der Waals surface area contributed by atoms with Crippen LogP contribution in [0.3, 0.4) is 0 Å². The molecule has 1 amide bonds. The molecule has 0 aliphatic carbocycles. The molecule has 0 saturated heterocycles. The third kappa shape index (κ3) is 3.63. The summed E-state index contributed by atoms with van der Waals surface area (Å²) in [7, 11) is 1.36. The van der Waals surface area contributed by atoms with Crippen LogP contribution < -0.4 is 5.32 Å². The molecule has 27 heavy (non-hydrogen) atoms. The first kappa shape index (κ1) is 17.8. The van der Waals surface area contributed by atoms with Crippen molar-refractivity contribution in [1.29, 1.82) is 0 Å². The highest BCUT2D eigenvalue weighted by molar-refractivity contribution is 8.00. The number of rotatable bonds is 4. The minimum atomic E-state index is -0.364. The number of fused-ring (bicyclic) bond motifs is 1. The van der Waals surface area contributed by atoms with E-state index in [4.69, 9.17) is 4.74 Å². The van der Waals surface area contributed by atoms with Crippen molar-refractivity contribution >= 4 is 40.8 Å². The van der Waals surface area contributed by atoms with Crippen LogP contribution in [0.4, 0.5) is 5.82 Å². The summed E-state index contributed by atoms with van der Waals surface area (Å²) in [6.07, 6.45) is 1.82. The van der Waals surface area contributed by atoms with Crippen LogP contribution in [0, 0.1) is 0 Å². The summed E-state index contributed by atoms with van der Waals surface area (Å²) in [5, 5.41) is 9.48. The Morgan fingerprint density at radius 1 is 1.33 bits per heavy atom. The Labute approximate surface area is 164 Å². The number of hydrogen-bond donors (Lipinski definition) is 1. The third-order valence-electron chi connectivity index (χ3n) is 4.31. The zero-order chi connectivity index (χ0) is 18.8. The standard InChI is InChI=1S/C19H17N3O3S2/c1-25-19(24)13-6-4-12(5-7-13)17-15-9-20-22(10-14-3-2-8-26-14)18(15)21-16(23)11-27-17/h2-9,17H,10-11H2,1H3,(H,21,23)/t17-/m0/s1. The lowest BCUT2D eigenvalue weighted by Crippen LogP contribution is -2.16. The highest BCUT2D eigenvalue weighted by Crippen LogP contribution is 2.41. The van der Waals surface area contributed by atoms with E-state index in [0.717, 1.165) is 16.9 Å². The fourth-order valence-corrected chi connectivity index (χ4v) is 4.78. The topological polar surface area (TPSA) is 73.2 Å². The second-order valence-corrected chi connectivity index (χ2v) is 8.16. The molecule has 0 radical (unpaired) electrons. The van der Waals surface area contributed by atoms with Crippen LogP contribution in [-0.2, 0) is 16.1 Å². The van der Waals surface area contributed by atoms with E-state index in [0.29, 0.717) is 17.9 Å². The van der Waals surface area contributed by atoms with Crippen LogP contribution in [0.5, 0.6) is 0 Å². The molecule has 1 atom stereocenters. The van der Waals surface area contributed by atoms with Crippen molar-refractivity contribution < 1.29 is 14.3 Å². The molecule has 4 rings (SSSR count). The molecule has 138 valence electrons. The van der Waals surface area contributed by atoms with Crippen LogP contribution >= 0.6 is 23.1 Å². The van der Waals surface area contributed by atoms with Crippen LogP contribution in [0.2, 0.25) is 0 Å². The van der Waals surface area contributed by atoms with E-state index in [2.05, 4.69) is 16.5 Å². The van der Waals surface area contributed by atoms with E-state index in [9.17, 15) is 9.59 Å². The van der Waals surface area contributed by atoms with Crippen LogP contribution in [0.1, 0.15) is 31.6 Å². The van der Waals surface area contributed by atoms with Gasteiger partial charge in [-0.1, -0.05) is 18.2 Å². The SMILES string of the molecule is COC(=O)c1ccc([C@@H]2SCC(=O)Nc3c2cnn3Cc2cccs2)cc1. The largest absolute Gasteiger partial charge is 0.465 e. The van der Waals surface area contributed by atoms with Crippen LogP contribution in [0.15, 0.2) is 48.0 Å². The van der Waals surface area contributed by atoms with Gasteiger partial charge in [0.2, 0.25) is 5.91 Å².